The van der Waals surface area contributed by atoms with Gasteiger partial charge in [0.1, 0.15) is 10.3 Å². The molecule has 1 unspecified atom stereocenters. The smallest absolute Gasteiger partial charge is 0.261 e. The molecule has 3 aliphatic rings. The van der Waals surface area contributed by atoms with E-state index >= 15 is 0 Å². The van der Waals surface area contributed by atoms with Gasteiger partial charge in [0.2, 0.25) is 0 Å². The number of pyridine rings is 1. The topological polar surface area (TPSA) is 95.9 Å². The van der Waals surface area contributed by atoms with E-state index in [1.807, 2.05) is 12.1 Å². The van der Waals surface area contributed by atoms with E-state index in [0.29, 0.717) is 49.5 Å². The molecule has 0 spiro atoms. The Labute approximate surface area is 199 Å². The predicted octanol–water partition coefficient (Wildman–Crippen LogP) is 2.43. The quantitative estimate of drug-likeness (QED) is 0.533. The lowest BCUT2D eigenvalue weighted by atomic mass is 10.0. The first kappa shape index (κ1) is 21.2. The van der Waals surface area contributed by atoms with Crippen LogP contribution in [0.4, 0.5) is 5.13 Å². The lowest BCUT2D eigenvalue weighted by molar-refractivity contribution is 0.0475. The van der Waals surface area contributed by atoms with Gasteiger partial charge in [-0.15, -0.1) is 0 Å². The highest BCUT2D eigenvalue weighted by atomic mass is 32.1. The highest BCUT2D eigenvalue weighted by molar-refractivity contribution is 7.21. The largest absolute Gasteiger partial charge is 0.376 e. The standard InChI is InChI=1S/C24H23N5O4S/c30-21(27-8-10-28(11-9-27)24-26-19-4-1-7-25-20(19)34-24)15-5-6-17-18(13-15)23(32)29(22(17)31)14-16-3-2-12-33-16/h1,4-7,13,16H,2-3,8-12,14H2. The van der Waals surface area contributed by atoms with Crippen LogP contribution in [-0.2, 0) is 4.74 Å². The predicted molar refractivity (Wildman–Crippen MR) is 126 cm³/mol. The van der Waals surface area contributed by atoms with Crippen LogP contribution in [0, 0.1) is 0 Å². The van der Waals surface area contributed by atoms with Crippen LogP contribution in [0.2, 0.25) is 0 Å². The molecule has 9 nitrogen and oxygen atoms in total. The molecule has 0 radical (unpaired) electrons. The van der Waals surface area contributed by atoms with Gasteiger partial charge in [-0.05, 0) is 43.2 Å². The molecule has 0 saturated carbocycles. The van der Waals surface area contributed by atoms with E-state index in [2.05, 4.69) is 14.9 Å². The van der Waals surface area contributed by atoms with Crippen molar-refractivity contribution >= 4 is 44.5 Å². The molecule has 3 aromatic rings. The molecule has 2 fully saturated rings. The number of anilines is 1. The number of amides is 3. The Balaban J connectivity index is 1.14. The van der Waals surface area contributed by atoms with Crippen molar-refractivity contribution in [2.24, 2.45) is 0 Å². The van der Waals surface area contributed by atoms with E-state index in [0.717, 1.165) is 28.3 Å². The maximum Gasteiger partial charge on any atom is 0.261 e. The van der Waals surface area contributed by atoms with E-state index in [4.69, 9.17) is 4.74 Å². The average Bonchev–Trinajstić information content (AvgIpc) is 3.60. The number of thiazole rings is 1. The number of hydrogen-bond acceptors (Lipinski definition) is 8. The third kappa shape index (κ3) is 3.63. The van der Waals surface area contributed by atoms with Gasteiger partial charge in [-0.25, -0.2) is 9.97 Å². The Kier molecular flexibility index (Phi) is 5.26. The molecular formula is C24H23N5O4S. The Morgan fingerprint density at radius 3 is 2.68 bits per heavy atom. The van der Waals surface area contributed by atoms with Crippen LogP contribution >= 0.6 is 11.3 Å². The van der Waals surface area contributed by atoms with Gasteiger partial charge in [0.15, 0.2) is 5.13 Å². The lowest BCUT2D eigenvalue weighted by Crippen LogP contribution is -2.48. The summed E-state index contributed by atoms with van der Waals surface area (Å²) in [4.78, 5) is 54.0. The van der Waals surface area contributed by atoms with Gasteiger partial charge in [-0.1, -0.05) is 11.3 Å². The number of nitrogens with zero attached hydrogens (tertiary/aromatic N) is 5. The van der Waals surface area contributed by atoms with Gasteiger partial charge in [0.25, 0.3) is 17.7 Å². The minimum Gasteiger partial charge on any atom is -0.376 e. The first-order valence-corrected chi connectivity index (χ1v) is 12.3. The van der Waals surface area contributed by atoms with E-state index < -0.39 is 0 Å². The molecular weight excluding hydrogens is 454 g/mol. The number of carbonyl (C=O) groups excluding carboxylic acids is 3. The van der Waals surface area contributed by atoms with Gasteiger partial charge in [0, 0.05) is 44.5 Å². The van der Waals surface area contributed by atoms with Crippen LogP contribution < -0.4 is 4.90 Å². The van der Waals surface area contributed by atoms with Crippen molar-refractivity contribution in [1.82, 2.24) is 19.8 Å². The summed E-state index contributed by atoms with van der Waals surface area (Å²) in [7, 11) is 0. The molecule has 3 amide bonds. The van der Waals surface area contributed by atoms with Crippen LogP contribution in [-0.4, -0.2) is 82.9 Å². The van der Waals surface area contributed by atoms with Gasteiger partial charge < -0.3 is 14.5 Å². The highest BCUT2D eigenvalue weighted by Crippen LogP contribution is 2.29. The minimum atomic E-state index is -0.348. The third-order valence-electron chi connectivity index (χ3n) is 6.62. The van der Waals surface area contributed by atoms with Crippen LogP contribution in [0.3, 0.4) is 0 Å². The molecule has 1 aromatic carbocycles. The van der Waals surface area contributed by atoms with Crippen molar-refractivity contribution < 1.29 is 19.1 Å². The Morgan fingerprint density at radius 2 is 1.91 bits per heavy atom. The minimum absolute atomic E-state index is 0.106. The summed E-state index contributed by atoms with van der Waals surface area (Å²) in [6.45, 7) is 3.37. The van der Waals surface area contributed by atoms with Crippen molar-refractivity contribution in [3.05, 3.63) is 53.2 Å². The number of ether oxygens (including phenoxy) is 1. The number of benzene rings is 1. The summed E-state index contributed by atoms with van der Waals surface area (Å²) >= 11 is 1.55. The molecule has 5 heterocycles. The first-order chi connectivity index (χ1) is 16.6. The number of imide groups is 1. The van der Waals surface area contributed by atoms with E-state index in [-0.39, 0.29) is 30.4 Å². The number of piperazine rings is 1. The first-order valence-electron chi connectivity index (χ1n) is 11.5. The molecule has 0 N–H and O–H groups in total. The average molecular weight is 478 g/mol. The SMILES string of the molecule is O=C(c1ccc2c(c1)C(=O)N(CC1CCCO1)C2=O)N1CCN(c2nc3cccnc3s2)CC1. The van der Waals surface area contributed by atoms with Crippen molar-refractivity contribution in [2.45, 2.75) is 18.9 Å². The molecule has 3 aliphatic heterocycles. The molecule has 0 aliphatic carbocycles. The van der Waals surface area contributed by atoms with Gasteiger partial charge in [-0.2, -0.15) is 0 Å². The Hall–Kier alpha value is -3.37. The molecule has 0 bridgehead atoms. The maximum atomic E-state index is 13.2. The molecule has 10 heteroatoms. The Bertz CT molecular complexity index is 1260. The summed E-state index contributed by atoms with van der Waals surface area (Å²) in [5, 5.41) is 0.911. The van der Waals surface area contributed by atoms with Crippen molar-refractivity contribution in [3.8, 4) is 0 Å². The van der Waals surface area contributed by atoms with Crippen LogP contribution in [0.5, 0.6) is 0 Å². The number of hydrogen-bond donors (Lipinski definition) is 0. The normalized spacial score (nSPS) is 20.5. The molecule has 6 rings (SSSR count). The highest BCUT2D eigenvalue weighted by Gasteiger charge is 2.38. The van der Waals surface area contributed by atoms with Crippen molar-refractivity contribution in [1.29, 1.82) is 0 Å². The molecule has 2 saturated heterocycles. The zero-order valence-corrected chi connectivity index (χ0v) is 19.3. The van der Waals surface area contributed by atoms with Gasteiger partial charge >= 0.3 is 0 Å². The summed E-state index contributed by atoms with van der Waals surface area (Å²) in [6.07, 6.45) is 3.44. The Morgan fingerprint density at radius 1 is 1.09 bits per heavy atom. The lowest BCUT2D eigenvalue weighted by Gasteiger charge is -2.34. The maximum absolute atomic E-state index is 13.2. The van der Waals surface area contributed by atoms with E-state index in [1.54, 1.807) is 40.6 Å². The number of fused-ring (bicyclic) bond motifs is 2. The second-order valence-corrected chi connectivity index (χ2v) is 9.68. The van der Waals surface area contributed by atoms with Gasteiger partial charge in [-0.3, -0.25) is 19.3 Å². The van der Waals surface area contributed by atoms with Crippen molar-refractivity contribution in [2.75, 3.05) is 44.2 Å². The molecule has 34 heavy (non-hydrogen) atoms. The van der Waals surface area contributed by atoms with E-state index in [1.165, 1.54) is 4.90 Å². The monoisotopic (exact) mass is 477 g/mol. The van der Waals surface area contributed by atoms with Crippen LogP contribution in [0.15, 0.2) is 36.5 Å². The molecule has 1 atom stereocenters. The summed E-state index contributed by atoms with van der Waals surface area (Å²) in [5.74, 6) is -0.793. The summed E-state index contributed by atoms with van der Waals surface area (Å²) in [5.41, 5.74) is 1.96. The fourth-order valence-corrected chi connectivity index (χ4v) is 5.72. The molecule has 2 aromatic heterocycles. The fourth-order valence-electron chi connectivity index (χ4n) is 4.76. The summed E-state index contributed by atoms with van der Waals surface area (Å²) < 4.78 is 5.59. The van der Waals surface area contributed by atoms with Gasteiger partial charge in [0.05, 0.1) is 23.8 Å². The van der Waals surface area contributed by atoms with Crippen molar-refractivity contribution in [3.63, 3.8) is 0 Å². The van der Waals surface area contributed by atoms with E-state index in [9.17, 15) is 14.4 Å². The zero-order valence-electron chi connectivity index (χ0n) is 18.5. The summed E-state index contributed by atoms with van der Waals surface area (Å²) in [6, 6.07) is 8.64. The second kappa shape index (κ2) is 8.44. The third-order valence-corrected chi connectivity index (χ3v) is 7.66. The number of rotatable bonds is 4. The van der Waals surface area contributed by atoms with Crippen LogP contribution in [0.1, 0.15) is 43.9 Å². The fraction of sp³-hybridized carbons (Fsp3) is 0.375. The second-order valence-electron chi connectivity index (χ2n) is 8.72. The molecule has 174 valence electrons. The van der Waals surface area contributed by atoms with Crippen LogP contribution in [0.25, 0.3) is 10.3 Å². The number of carbonyl (C=O) groups is 3. The zero-order chi connectivity index (χ0) is 23.2. The number of aromatic nitrogens is 2.